The van der Waals surface area contributed by atoms with Gasteiger partial charge in [-0.3, -0.25) is 9.59 Å². The molecule has 0 atom stereocenters. The Kier molecular flexibility index (Phi) is 7.28. The number of benzene rings is 2. The van der Waals surface area contributed by atoms with E-state index < -0.39 is 0 Å². The number of carbonyl (C=O) groups is 1. The summed E-state index contributed by atoms with van der Waals surface area (Å²) in [6.07, 6.45) is 1.16. The molecule has 0 saturated heterocycles. The van der Waals surface area contributed by atoms with Gasteiger partial charge in [-0.05, 0) is 48.4 Å². The van der Waals surface area contributed by atoms with Crippen LogP contribution in [0.15, 0.2) is 63.0 Å². The molecular weight excluding hydrogens is 452 g/mol. The molecule has 0 bridgehead atoms. The van der Waals surface area contributed by atoms with E-state index in [0.717, 1.165) is 15.7 Å². The molecule has 0 aliphatic carbocycles. The zero-order valence-corrected chi connectivity index (χ0v) is 18.6. The second kappa shape index (κ2) is 9.89. The lowest BCUT2D eigenvalue weighted by Gasteiger charge is -2.09. The Balaban J connectivity index is 1.77. The van der Waals surface area contributed by atoms with Crippen molar-refractivity contribution in [2.24, 2.45) is 0 Å². The van der Waals surface area contributed by atoms with Crippen molar-refractivity contribution in [1.82, 2.24) is 9.97 Å². The lowest BCUT2D eigenvalue weighted by Crippen LogP contribution is -2.19. The average Bonchev–Trinajstić information content (AvgIpc) is 2.72. The zero-order valence-electron chi connectivity index (χ0n) is 16.2. The molecule has 0 amide bonds. The van der Waals surface area contributed by atoms with Gasteiger partial charge in [0.05, 0.1) is 18.6 Å². The van der Waals surface area contributed by atoms with Crippen LogP contribution < -0.4 is 10.3 Å². The van der Waals surface area contributed by atoms with Crippen LogP contribution in [-0.4, -0.2) is 28.6 Å². The van der Waals surface area contributed by atoms with Crippen LogP contribution in [0.4, 0.5) is 0 Å². The number of nitrogens with zero attached hydrogens (tertiary/aromatic N) is 1. The van der Waals surface area contributed by atoms with E-state index in [1.165, 1.54) is 11.8 Å². The Morgan fingerprint density at radius 2 is 1.97 bits per heavy atom. The predicted molar refractivity (Wildman–Crippen MR) is 119 cm³/mol. The molecule has 2 aromatic carbocycles. The Morgan fingerprint density at radius 3 is 2.62 bits per heavy atom. The SMILES string of the molecule is CCc1c(Cc2cccc(Br)c2)nc(SCC(=O)c2ccc(OC)cc2)[nH]c1=O. The normalized spacial score (nSPS) is 10.7. The predicted octanol–water partition coefficient (Wildman–Crippen LogP) is 4.67. The largest absolute Gasteiger partial charge is 0.497 e. The maximum atomic E-state index is 12.5. The minimum Gasteiger partial charge on any atom is -0.497 e. The average molecular weight is 473 g/mol. The highest BCUT2D eigenvalue weighted by Gasteiger charge is 2.13. The lowest BCUT2D eigenvalue weighted by atomic mass is 10.0. The minimum absolute atomic E-state index is 0.0339. The fourth-order valence-corrected chi connectivity index (χ4v) is 4.16. The van der Waals surface area contributed by atoms with Gasteiger partial charge in [-0.1, -0.05) is 46.7 Å². The number of aromatic amines is 1. The van der Waals surface area contributed by atoms with E-state index in [9.17, 15) is 9.59 Å². The van der Waals surface area contributed by atoms with Crippen LogP contribution in [0, 0.1) is 0 Å². The molecule has 1 heterocycles. The highest BCUT2D eigenvalue weighted by molar-refractivity contribution is 9.10. The second-order valence-corrected chi connectivity index (χ2v) is 8.28. The highest BCUT2D eigenvalue weighted by Crippen LogP contribution is 2.20. The summed E-state index contributed by atoms with van der Waals surface area (Å²) in [4.78, 5) is 32.4. The third-order valence-electron chi connectivity index (χ3n) is 4.45. The van der Waals surface area contributed by atoms with Gasteiger partial charge in [0, 0.05) is 22.0 Å². The zero-order chi connectivity index (χ0) is 20.8. The van der Waals surface area contributed by atoms with Crippen LogP contribution in [0.3, 0.4) is 0 Å². The van der Waals surface area contributed by atoms with Crippen LogP contribution in [0.1, 0.15) is 34.1 Å². The topological polar surface area (TPSA) is 72.0 Å². The molecule has 150 valence electrons. The quantitative estimate of drug-likeness (QED) is 0.293. The molecule has 3 aromatic rings. The van der Waals surface area contributed by atoms with Gasteiger partial charge in [-0.2, -0.15) is 0 Å². The summed E-state index contributed by atoms with van der Waals surface area (Å²) >= 11 is 4.71. The number of Topliss-reactive ketones (excluding diaryl/α,β-unsaturated/α-hetero) is 1. The smallest absolute Gasteiger partial charge is 0.254 e. The highest BCUT2D eigenvalue weighted by atomic mass is 79.9. The molecule has 0 fully saturated rings. The summed E-state index contributed by atoms with van der Waals surface area (Å²) < 4.78 is 6.10. The van der Waals surface area contributed by atoms with E-state index in [1.54, 1.807) is 31.4 Å². The first kappa shape index (κ1) is 21.3. The molecule has 0 spiro atoms. The summed E-state index contributed by atoms with van der Waals surface area (Å²) in [5.74, 6) is 0.859. The summed E-state index contributed by atoms with van der Waals surface area (Å²) in [7, 11) is 1.58. The number of rotatable bonds is 8. The monoisotopic (exact) mass is 472 g/mol. The van der Waals surface area contributed by atoms with E-state index in [1.807, 2.05) is 31.2 Å². The molecule has 5 nitrogen and oxygen atoms in total. The maximum absolute atomic E-state index is 12.5. The molecule has 3 rings (SSSR count). The molecule has 1 N–H and O–H groups in total. The van der Waals surface area contributed by atoms with Crippen molar-refractivity contribution in [3.05, 3.63) is 85.7 Å². The molecule has 0 unspecified atom stereocenters. The van der Waals surface area contributed by atoms with Gasteiger partial charge in [-0.15, -0.1) is 0 Å². The first-order valence-corrected chi connectivity index (χ1v) is 10.9. The number of ketones is 1. The minimum atomic E-state index is -0.146. The van der Waals surface area contributed by atoms with Gasteiger partial charge in [-0.25, -0.2) is 4.98 Å². The maximum Gasteiger partial charge on any atom is 0.254 e. The molecule has 7 heteroatoms. The van der Waals surface area contributed by atoms with Crippen LogP contribution in [0.5, 0.6) is 5.75 Å². The van der Waals surface area contributed by atoms with Crippen LogP contribution in [0.25, 0.3) is 0 Å². The number of ether oxygens (including phenoxy) is 1. The van der Waals surface area contributed by atoms with Crippen molar-refractivity contribution >= 4 is 33.5 Å². The second-order valence-electron chi connectivity index (χ2n) is 6.40. The van der Waals surface area contributed by atoms with Gasteiger partial charge in [0.1, 0.15) is 5.75 Å². The third-order valence-corrected chi connectivity index (χ3v) is 5.81. The number of hydrogen-bond donors (Lipinski definition) is 1. The lowest BCUT2D eigenvalue weighted by molar-refractivity contribution is 0.102. The molecule has 1 aromatic heterocycles. The van der Waals surface area contributed by atoms with Crippen LogP contribution >= 0.6 is 27.7 Å². The standard InChI is InChI=1S/C22H21BrN2O3S/c1-3-18-19(12-14-5-4-6-16(23)11-14)24-22(25-21(18)27)29-13-20(26)15-7-9-17(28-2)10-8-15/h4-11H,3,12-13H2,1-2H3,(H,24,25,27). The van der Waals surface area contributed by atoms with Crippen molar-refractivity contribution in [3.8, 4) is 5.75 Å². The summed E-state index contributed by atoms with van der Waals surface area (Å²) in [5, 5.41) is 0.457. The molecule has 0 radical (unpaired) electrons. The van der Waals surface area contributed by atoms with E-state index in [4.69, 9.17) is 4.74 Å². The Morgan fingerprint density at radius 1 is 1.21 bits per heavy atom. The van der Waals surface area contributed by atoms with E-state index in [2.05, 4.69) is 25.9 Å². The van der Waals surface area contributed by atoms with Crippen LogP contribution in [0.2, 0.25) is 0 Å². The van der Waals surface area contributed by atoms with Gasteiger partial charge >= 0.3 is 0 Å². The number of hydrogen-bond acceptors (Lipinski definition) is 5. The first-order valence-electron chi connectivity index (χ1n) is 9.16. The van der Waals surface area contributed by atoms with Gasteiger partial charge in [0.25, 0.3) is 5.56 Å². The summed E-state index contributed by atoms with van der Waals surface area (Å²) in [6, 6.07) is 14.9. The first-order chi connectivity index (χ1) is 14.0. The fraction of sp³-hybridized carbons (Fsp3) is 0.227. The molecule has 0 aliphatic rings. The van der Waals surface area contributed by atoms with Crippen molar-refractivity contribution in [2.45, 2.75) is 24.9 Å². The van der Waals surface area contributed by atoms with E-state index in [0.29, 0.717) is 34.9 Å². The Bertz CT molecular complexity index is 1060. The number of H-pyrrole nitrogens is 1. The number of methoxy groups -OCH3 is 1. The molecule has 29 heavy (non-hydrogen) atoms. The van der Waals surface area contributed by atoms with Crippen molar-refractivity contribution in [1.29, 1.82) is 0 Å². The Hall–Kier alpha value is -2.38. The van der Waals surface area contributed by atoms with E-state index in [-0.39, 0.29) is 17.1 Å². The number of halogens is 1. The molecular formula is C22H21BrN2O3S. The van der Waals surface area contributed by atoms with Gasteiger partial charge < -0.3 is 9.72 Å². The number of thioether (sulfide) groups is 1. The summed E-state index contributed by atoms with van der Waals surface area (Å²) in [6.45, 7) is 1.94. The third kappa shape index (κ3) is 5.58. The molecule has 0 saturated carbocycles. The van der Waals surface area contributed by atoms with E-state index >= 15 is 0 Å². The van der Waals surface area contributed by atoms with Crippen molar-refractivity contribution in [3.63, 3.8) is 0 Å². The van der Waals surface area contributed by atoms with Crippen molar-refractivity contribution < 1.29 is 9.53 Å². The van der Waals surface area contributed by atoms with Crippen LogP contribution in [-0.2, 0) is 12.8 Å². The Labute approximate surface area is 182 Å². The van der Waals surface area contributed by atoms with Gasteiger partial charge in [0.2, 0.25) is 0 Å². The number of aromatic nitrogens is 2. The fourth-order valence-electron chi connectivity index (χ4n) is 2.94. The number of nitrogens with one attached hydrogen (secondary N) is 1. The number of carbonyl (C=O) groups excluding carboxylic acids is 1. The van der Waals surface area contributed by atoms with Crippen molar-refractivity contribution in [2.75, 3.05) is 12.9 Å². The summed E-state index contributed by atoms with van der Waals surface area (Å²) in [5.41, 5.74) is 2.94. The van der Waals surface area contributed by atoms with Gasteiger partial charge in [0.15, 0.2) is 10.9 Å². The molecule has 0 aliphatic heterocycles.